The van der Waals surface area contributed by atoms with E-state index in [-0.39, 0.29) is 18.1 Å². The highest BCUT2D eigenvalue weighted by atomic mass is 79.9. The first-order valence-electron chi connectivity index (χ1n) is 8.12. The van der Waals surface area contributed by atoms with Gasteiger partial charge in [0.1, 0.15) is 5.76 Å². The van der Waals surface area contributed by atoms with Crippen LogP contribution < -0.4 is 5.32 Å². The van der Waals surface area contributed by atoms with Crippen LogP contribution in [0.3, 0.4) is 0 Å². The number of carbonyl (C=O) groups is 2. The van der Waals surface area contributed by atoms with E-state index in [9.17, 15) is 9.59 Å². The maximum atomic E-state index is 12.1. The van der Waals surface area contributed by atoms with Gasteiger partial charge in [-0.25, -0.2) is 0 Å². The summed E-state index contributed by atoms with van der Waals surface area (Å²) in [7, 11) is 0. The van der Waals surface area contributed by atoms with E-state index in [0.29, 0.717) is 25.5 Å². The number of furan rings is 1. The van der Waals surface area contributed by atoms with Gasteiger partial charge < -0.3 is 9.15 Å². The number of halogens is 1. The monoisotopic (exact) mass is 406 g/mol. The van der Waals surface area contributed by atoms with Crippen molar-refractivity contribution in [3.63, 3.8) is 0 Å². The zero-order valence-electron chi connectivity index (χ0n) is 13.7. The molecule has 1 aromatic carbocycles. The van der Waals surface area contributed by atoms with Crippen molar-refractivity contribution >= 4 is 27.7 Å². The maximum absolute atomic E-state index is 12.1. The van der Waals surface area contributed by atoms with Gasteiger partial charge in [0, 0.05) is 36.1 Å². The summed E-state index contributed by atoms with van der Waals surface area (Å²) in [5.74, 6) is -0.121. The van der Waals surface area contributed by atoms with Crippen molar-refractivity contribution in [1.82, 2.24) is 10.2 Å². The van der Waals surface area contributed by atoms with Gasteiger partial charge in [0.2, 0.25) is 5.91 Å². The number of rotatable bonds is 5. The summed E-state index contributed by atoms with van der Waals surface area (Å²) in [6.07, 6.45) is 0.270. The minimum absolute atomic E-state index is 0.123. The Morgan fingerprint density at radius 1 is 1.08 bits per heavy atom. The van der Waals surface area contributed by atoms with Crippen LogP contribution >= 0.6 is 15.9 Å². The van der Waals surface area contributed by atoms with E-state index in [4.69, 9.17) is 9.15 Å². The minimum Gasteiger partial charge on any atom is -0.451 e. The largest absolute Gasteiger partial charge is 0.451 e. The highest BCUT2D eigenvalue weighted by Gasteiger charge is 2.17. The van der Waals surface area contributed by atoms with E-state index in [1.54, 1.807) is 12.1 Å². The second kappa shape index (κ2) is 8.42. The Labute approximate surface area is 154 Å². The molecule has 1 aromatic heterocycles. The minimum atomic E-state index is -0.518. The van der Waals surface area contributed by atoms with Gasteiger partial charge in [-0.3, -0.25) is 19.8 Å². The lowest BCUT2D eigenvalue weighted by atomic mass is 10.2. The lowest BCUT2D eigenvalue weighted by molar-refractivity contribution is -0.120. The molecule has 6 nitrogen and oxygen atoms in total. The molecule has 7 heteroatoms. The standard InChI is InChI=1S/C18H19BrN2O4/c19-14-3-1-13(2-4-14)15-5-6-16(25-15)18(23)20-17(22)7-8-21-9-11-24-12-10-21/h1-6H,7-12H2,(H,20,22,23). The number of ether oxygens (including phenoxy) is 1. The zero-order valence-corrected chi connectivity index (χ0v) is 15.3. The lowest BCUT2D eigenvalue weighted by Gasteiger charge is -2.26. The number of nitrogens with zero attached hydrogens (tertiary/aromatic N) is 1. The molecule has 0 spiro atoms. The number of amides is 2. The summed E-state index contributed by atoms with van der Waals surface area (Å²) in [5, 5.41) is 2.37. The van der Waals surface area contributed by atoms with Crippen molar-refractivity contribution in [3.05, 3.63) is 46.6 Å². The van der Waals surface area contributed by atoms with Crippen LogP contribution in [0.1, 0.15) is 17.0 Å². The van der Waals surface area contributed by atoms with Gasteiger partial charge in [0.05, 0.1) is 13.2 Å². The molecule has 1 N–H and O–H groups in total. The molecule has 0 aliphatic carbocycles. The Morgan fingerprint density at radius 2 is 1.80 bits per heavy atom. The van der Waals surface area contributed by atoms with Gasteiger partial charge in [-0.1, -0.05) is 28.1 Å². The lowest BCUT2D eigenvalue weighted by Crippen LogP contribution is -2.39. The third-order valence-electron chi connectivity index (χ3n) is 3.97. The number of nitrogens with one attached hydrogen (secondary N) is 1. The molecule has 0 atom stereocenters. The number of carbonyl (C=O) groups excluding carboxylic acids is 2. The van der Waals surface area contributed by atoms with E-state index < -0.39 is 5.91 Å². The Morgan fingerprint density at radius 3 is 2.52 bits per heavy atom. The smallest absolute Gasteiger partial charge is 0.293 e. The Kier molecular flexibility index (Phi) is 6.01. The summed E-state index contributed by atoms with van der Waals surface area (Å²) in [5.41, 5.74) is 0.862. The summed E-state index contributed by atoms with van der Waals surface area (Å²) in [6.45, 7) is 3.62. The quantitative estimate of drug-likeness (QED) is 0.826. The molecular formula is C18H19BrN2O4. The van der Waals surface area contributed by atoms with Crippen molar-refractivity contribution in [2.45, 2.75) is 6.42 Å². The van der Waals surface area contributed by atoms with Gasteiger partial charge >= 0.3 is 0 Å². The van der Waals surface area contributed by atoms with Crippen LogP contribution in [0.5, 0.6) is 0 Å². The number of hydrogen-bond donors (Lipinski definition) is 1. The predicted octanol–water partition coefficient (Wildman–Crippen LogP) is 2.69. The third-order valence-corrected chi connectivity index (χ3v) is 4.50. The highest BCUT2D eigenvalue weighted by Crippen LogP contribution is 2.23. The first-order chi connectivity index (χ1) is 12.1. The van der Waals surface area contributed by atoms with E-state index in [0.717, 1.165) is 23.1 Å². The molecule has 3 rings (SSSR count). The number of imide groups is 1. The van der Waals surface area contributed by atoms with Crippen LogP contribution in [-0.4, -0.2) is 49.6 Å². The van der Waals surface area contributed by atoms with E-state index in [1.807, 2.05) is 24.3 Å². The fraction of sp³-hybridized carbons (Fsp3) is 0.333. The molecule has 0 saturated carbocycles. The van der Waals surface area contributed by atoms with Crippen LogP contribution in [-0.2, 0) is 9.53 Å². The van der Waals surface area contributed by atoms with Crippen LogP contribution in [0.2, 0.25) is 0 Å². The normalized spacial score (nSPS) is 15.1. The van der Waals surface area contributed by atoms with Crippen molar-refractivity contribution in [2.24, 2.45) is 0 Å². The molecule has 2 amide bonds. The molecule has 0 unspecified atom stereocenters. The summed E-state index contributed by atoms with van der Waals surface area (Å²) >= 11 is 3.37. The van der Waals surface area contributed by atoms with E-state index in [2.05, 4.69) is 26.1 Å². The van der Waals surface area contributed by atoms with Gasteiger partial charge in [0.25, 0.3) is 5.91 Å². The van der Waals surface area contributed by atoms with Gasteiger partial charge in [-0.15, -0.1) is 0 Å². The molecule has 2 aromatic rings. The fourth-order valence-corrected chi connectivity index (χ4v) is 2.83. The summed E-state index contributed by atoms with van der Waals surface area (Å²) in [6, 6.07) is 10.9. The average Bonchev–Trinajstić information content (AvgIpc) is 3.12. The third kappa shape index (κ3) is 5.01. The topological polar surface area (TPSA) is 71.8 Å². The van der Waals surface area contributed by atoms with Crippen molar-refractivity contribution < 1.29 is 18.7 Å². The molecule has 1 aliphatic heterocycles. The first-order valence-corrected chi connectivity index (χ1v) is 8.91. The molecule has 1 aliphatic rings. The van der Waals surface area contributed by atoms with Gasteiger partial charge in [-0.05, 0) is 24.3 Å². The van der Waals surface area contributed by atoms with Crippen LogP contribution in [0, 0.1) is 0 Å². The molecule has 0 radical (unpaired) electrons. The van der Waals surface area contributed by atoms with Crippen LogP contribution in [0.15, 0.2) is 45.3 Å². The van der Waals surface area contributed by atoms with E-state index >= 15 is 0 Å². The van der Waals surface area contributed by atoms with Gasteiger partial charge in [0.15, 0.2) is 5.76 Å². The molecular weight excluding hydrogens is 388 g/mol. The fourth-order valence-electron chi connectivity index (χ4n) is 2.56. The van der Waals surface area contributed by atoms with Crippen molar-refractivity contribution in [3.8, 4) is 11.3 Å². The zero-order chi connectivity index (χ0) is 17.6. The highest BCUT2D eigenvalue weighted by molar-refractivity contribution is 9.10. The Balaban J connectivity index is 1.52. The van der Waals surface area contributed by atoms with E-state index in [1.165, 1.54) is 0 Å². The molecule has 25 heavy (non-hydrogen) atoms. The van der Waals surface area contributed by atoms with Crippen molar-refractivity contribution in [1.29, 1.82) is 0 Å². The Bertz CT molecular complexity index is 736. The Hall–Kier alpha value is -1.96. The van der Waals surface area contributed by atoms with Crippen LogP contribution in [0.25, 0.3) is 11.3 Å². The predicted molar refractivity (Wildman–Crippen MR) is 96.2 cm³/mol. The van der Waals surface area contributed by atoms with Crippen LogP contribution in [0.4, 0.5) is 0 Å². The number of benzene rings is 1. The second-order valence-corrected chi connectivity index (χ2v) is 6.67. The summed E-state index contributed by atoms with van der Waals surface area (Å²) < 4.78 is 11.8. The number of hydrogen-bond acceptors (Lipinski definition) is 5. The summed E-state index contributed by atoms with van der Waals surface area (Å²) in [4.78, 5) is 26.2. The first kappa shape index (κ1) is 17.8. The average molecular weight is 407 g/mol. The maximum Gasteiger partial charge on any atom is 0.293 e. The number of morpholine rings is 1. The molecule has 2 heterocycles. The molecule has 0 bridgehead atoms. The molecule has 1 saturated heterocycles. The molecule has 132 valence electrons. The second-order valence-electron chi connectivity index (χ2n) is 5.75. The van der Waals surface area contributed by atoms with Crippen molar-refractivity contribution in [2.75, 3.05) is 32.8 Å². The molecule has 1 fully saturated rings. The van der Waals surface area contributed by atoms with Gasteiger partial charge in [-0.2, -0.15) is 0 Å². The SMILES string of the molecule is O=C(CCN1CCOCC1)NC(=O)c1ccc(-c2ccc(Br)cc2)o1.